The van der Waals surface area contributed by atoms with Crippen LogP contribution in [0.5, 0.6) is 0 Å². The summed E-state index contributed by atoms with van der Waals surface area (Å²) in [4.78, 5) is 23.0. The summed E-state index contributed by atoms with van der Waals surface area (Å²) in [6.07, 6.45) is 2.70. The third-order valence-electron chi connectivity index (χ3n) is 3.04. The maximum atomic E-state index is 11.5. The molecule has 7 nitrogen and oxygen atoms in total. The fourth-order valence-corrected chi connectivity index (χ4v) is 1.59. The van der Waals surface area contributed by atoms with Crippen LogP contribution in [0, 0.1) is 0 Å². The molecule has 0 unspecified atom stereocenters. The molecule has 0 aliphatic rings. The Morgan fingerprint density at radius 1 is 1.04 bits per heavy atom. The molecule has 0 aromatic heterocycles. The van der Waals surface area contributed by atoms with Crippen molar-refractivity contribution in [2.24, 2.45) is 0 Å². The summed E-state index contributed by atoms with van der Waals surface area (Å²) in [6.45, 7) is 13.4. The first-order chi connectivity index (χ1) is 11.6. The first-order valence-electron chi connectivity index (χ1n) is 8.31. The molecular formula is C17H37N3O4. The van der Waals surface area contributed by atoms with Gasteiger partial charge in [-0.15, -0.1) is 6.58 Å². The summed E-state index contributed by atoms with van der Waals surface area (Å²) in [7, 11) is 0. The molecule has 0 rings (SSSR count). The standard InChI is InChI=1S/C17H31N3O4.3H2/c1-4-7-18-10-12-24-14-13-23-11-6-16(21)19-8-9-20-17(22)15(3)5-2;;;/h4,18H,1,3,5-14H2,2H3,(H,19,21)(H,20,22);3*1H. The molecule has 0 aliphatic carbocycles. The highest BCUT2D eigenvalue weighted by Crippen LogP contribution is 1.94. The zero-order valence-corrected chi connectivity index (χ0v) is 14.7. The third-order valence-corrected chi connectivity index (χ3v) is 3.04. The average Bonchev–Trinajstić information content (AvgIpc) is 2.59. The monoisotopic (exact) mass is 347 g/mol. The van der Waals surface area contributed by atoms with Crippen LogP contribution in [0.2, 0.25) is 0 Å². The van der Waals surface area contributed by atoms with Gasteiger partial charge in [-0.25, -0.2) is 0 Å². The van der Waals surface area contributed by atoms with Crippen molar-refractivity contribution in [1.29, 1.82) is 0 Å². The quantitative estimate of drug-likeness (QED) is 0.221. The molecule has 0 atom stereocenters. The molecule has 144 valence electrons. The summed E-state index contributed by atoms with van der Waals surface area (Å²) in [5.41, 5.74) is 0.536. The van der Waals surface area contributed by atoms with Crippen LogP contribution in [0.3, 0.4) is 0 Å². The fraction of sp³-hybridized carbons (Fsp3) is 0.647. The minimum atomic E-state index is -0.172. The maximum absolute atomic E-state index is 11.5. The second-order valence-electron chi connectivity index (χ2n) is 5.03. The van der Waals surface area contributed by atoms with Gasteiger partial charge in [-0.05, 0) is 6.42 Å². The molecule has 0 saturated heterocycles. The molecule has 7 heteroatoms. The van der Waals surface area contributed by atoms with Crippen LogP contribution in [0.4, 0.5) is 0 Å². The second kappa shape index (κ2) is 16.2. The van der Waals surface area contributed by atoms with Crippen LogP contribution in [0.15, 0.2) is 24.8 Å². The summed E-state index contributed by atoms with van der Waals surface area (Å²) < 4.78 is 10.7. The van der Waals surface area contributed by atoms with Crippen molar-refractivity contribution in [2.75, 3.05) is 52.6 Å². The van der Waals surface area contributed by atoms with Crippen molar-refractivity contribution in [3.05, 3.63) is 24.8 Å². The molecule has 0 aromatic carbocycles. The highest BCUT2D eigenvalue weighted by Gasteiger charge is 2.04. The van der Waals surface area contributed by atoms with Crippen LogP contribution < -0.4 is 16.0 Å². The minimum Gasteiger partial charge on any atom is -0.379 e. The van der Waals surface area contributed by atoms with Crippen molar-refractivity contribution < 1.29 is 23.3 Å². The van der Waals surface area contributed by atoms with Gasteiger partial charge >= 0.3 is 0 Å². The molecule has 0 spiro atoms. The van der Waals surface area contributed by atoms with Crippen molar-refractivity contribution in [1.82, 2.24) is 16.0 Å². The number of ether oxygens (including phenoxy) is 2. The van der Waals surface area contributed by atoms with Crippen molar-refractivity contribution in [2.45, 2.75) is 19.8 Å². The Hall–Kier alpha value is -1.70. The number of nitrogens with one attached hydrogen (secondary N) is 3. The van der Waals surface area contributed by atoms with E-state index in [1.165, 1.54) is 0 Å². The van der Waals surface area contributed by atoms with E-state index in [0.717, 1.165) is 13.1 Å². The summed E-state index contributed by atoms with van der Waals surface area (Å²) in [6, 6.07) is 0. The molecule has 0 aromatic rings. The Morgan fingerprint density at radius 2 is 1.71 bits per heavy atom. The molecule has 2 amide bonds. The maximum Gasteiger partial charge on any atom is 0.246 e. The Balaban J connectivity index is -0.000000882. The van der Waals surface area contributed by atoms with Gasteiger partial charge in [0.15, 0.2) is 0 Å². The lowest BCUT2D eigenvalue weighted by atomic mass is 10.2. The predicted molar refractivity (Wildman–Crippen MR) is 101 cm³/mol. The molecular weight excluding hydrogens is 310 g/mol. The van der Waals surface area contributed by atoms with Gasteiger partial charge in [-0.3, -0.25) is 9.59 Å². The number of rotatable bonds is 16. The highest BCUT2D eigenvalue weighted by atomic mass is 16.5. The van der Waals surface area contributed by atoms with E-state index in [9.17, 15) is 9.59 Å². The summed E-state index contributed by atoms with van der Waals surface area (Å²) in [5, 5.41) is 8.53. The smallest absolute Gasteiger partial charge is 0.246 e. The Labute approximate surface area is 149 Å². The first kappa shape index (κ1) is 22.3. The van der Waals surface area contributed by atoms with E-state index in [1.54, 1.807) is 6.08 Å². The van der Waals surface area contributed by atoms with E-state index in [-0.39, 0.29) is 22.5 Å². The van der Waals surface area contributed by atoms with Gasteiger partial charge in [0.05, 0.1) is 26.4 Å². The summed E-state index contributed by atoms with van der Waals surface area (Å²) >= 11 is 0. The molecule has 0 heterocycles. The number of carbonyl (C=O) groups is 2. The third kappa shape index (κ3) is 13.9. The SMILES string of the molecule is C=CCNCCOCCOCCC(=O)NCCNC(=O)C(=C)CC.[HH].[HH].[HH]. The molecule has 3 N–H and O–H groups in total. The van der Waals surface area contributed by atoms with Gasteiger partial charge in [0.25, 0.3) is 0 Å². The molecule has 0 saturated carbocycles. The molecule has 24 heavy (non-hydrogen) atoms. The van der Waals surface area contributed by atoms with E-state index in [2.05, 4.69) is 29.1 Å². The highest BCUT2D eigenvalue weighted by molar-refractivity contribution is 5.92. The fourth-order valence-electron chi connectivity index (χ4n) is 1.59. The zero-order valence-electron chi connectivity index (χ0n) is 14.7. The second-order valence-corrected chi connectivity index (χ2v) is 5.03. The van der Waals surface area contributed by atoms with Crippen LogP contribution in [-0.2, 0) is 19.1 Å². The van der Waals surface area contributed by atoms with Crippen LogP contribution in [0.25, 0.3) is 0 Å². The van der Waals surface area contributed by atoms with E-state index in [1.807, 2.05) is 6.92 Å². The van der Waals surface area contributed by atoms with Gasteiger partial charge in [-0.2, -0.15) is 0 Å². The van der Waals surface area contributed by atoms with Gasteiger partial charge in [0.2, 0.25) is 11.8 Å². The van der Waals surface area contributed by atoms with E-state index >= 15 is 0 Å². The largest absolute Gasteiger partial charge is 0.379 e. The van der Waals surface area contributed by atoms with Gasteiger partial charge in [0, 0.05) is 42.5 Å². The topological polar surface area (TPSA) is 88.7 Å². The molecule has 0 bridgehead atoms. The Morgan fingerprint density at radius 3 is 2.38 bits per heavy atom. The van der Waals surface area contributed by atoms with Crippen molar-refractivity contribution in [3.8, 4) is 0 Å². The predicted octanol–water partition coefficient (Wildman–Crippen LogP) is 1.12. The minimum absolute atomic E-state index is 0. The molecule has 0 aliphatic heterocycles. The van der Waals surface area contributed by atoms with Crippen LogP contribution >= 0.6 is 0 Å². The lowest BCUT2D eigenvalue weighted by Gasteiger charge is -2.08. The van der Waals surface area contributed by atoms with E-state index < -0.39 is 0 Å². The Bertz CT molecular complexity index is 400. The molecule has 0 fully saturated rings. The average molecular weight is 348 g/mol. The van der Waals surface area contributed by atoms with Gasteiger partial charge < -0.3 is 25.4 Å². The zero-order chi connectivity index (χ0) is 18.0. The van der Waals surface area contributed by atoms with Crippen molar-refractivity contribution >= 4 is 11.8 Å². The van der Waals surface area contributed by atoms with E-state index in [4.69, 9.17) is 9.47 Å². The van der Waals surface area contributed by atoms with E-state index in [0.29, 0.717) is 51.5 Å². The first-order valence-corrected chi connectivity index (χ1v) is 8.31. The lowest BCUT2D eigenvalue weighted by Crippen LogP contribution is -2.35. The lowest BCUT2D eigenvalue weighted by molar-refractivity contribution is -0.122. The number of hydrogen-bond donors (Lipinski definition) is 3. The van der Waals surface area contributed by atoms with Crippen LogP contribution in [0.1, 0.15) is 24.0 Å². The molecule has 0 radical (unpaired) electrons. The normalized spacial score (nSPS) is 10.2. The number of hydrogen-bond acceptors (Lipinski definition) is 5. The number of carbonyl (C=O) groups excluding carboxylic acids is 2. The van der Waals surface area contributed by atoms with Gasteiger partial charge in [0.1, 0.15) is 0 Å². The van der Waals surface area contributed by atoms with Gasteiger partial charge in [-0.1, -0.05) is 19.6 Å². The van der Waals surface area contributed by atoms with Crippen LogP contribution in [-0.4, -0.2) is 64.4 Å². The summed E-state index contributed by atoms with van der Waals surface area (Å²) in [5.74, 6) is -0.275. The Kier molecular flexibility index (Phi) is 15.0. The number of amides is 2. The van der Waals surface area contributed by atoms with Crippen molar-refractivity contribution in [3.63, 3.8) is 0 Å².